The van der Waals surface area contributed by atoms with Gasteiger partial charge in [-0.05, 0) is 55.0 Å². The first-order valence-electron chi connectivity index (χ1n) is 6.81. The largest absolute Gasteiger partial charge is 0.497 e. The molecule has 0 radical (unpaired) electrons. The minimum atomic E-state index is -0.185. The molecular formula is C17H15ClN2O2. The monoisotopic (exact) mass is 314 g/mol. The molecule has 3 aromatic rings. The van der Waals surface area contributed by atoms with E-state index >= 15 is 0 Å². The van der Waals surface area contributed by atoms with Crippen LogP contribution in [0.15, 0.2) is 42.5 Å². The standard InChI is InChI=1S/C17H15ClN2O2/c1-10-14-9-13(22-2)7-8-15(14)20-16(10)17(21)19-12-5-3-11(18)4-6-12/h3-9,20H,1-2H3,(H,19,21). The number of amides is 1. The summed E-state index contributed by atoms with van der Waals surface area (Å²) in [5.41, 5.74) is 3.03. The number of ether oxygens (including phenoxy) is 1. The van der Waals surface area contributed by atoms with Crippen molar-refractivity contribution in [3.63, 3.8) is 0 Å². The molecule has 112 valence electrons. The Bertz CT molecular complexity index is 838. The summed E-state index contributed by atoms with van der Waals surface area (Å²) in [6.07, 6.45) is 0. The zero-order valence-electron chi connectivity index (χ0n) is 12.2. The maximum absolute atomic E-state index is 12.4. The van der Waals surface area contributed by atoms with E-state index < -0.39 is 0 Å². The number of hydrogen-bond donors (Lipinski definition) is 2. The summed E-state index contributed by atoms with van der Waals surface area (Å²) < 4.78 is 5.23. The molecule has 0 spiro atoms. The van der Waals surface area contributed by atoms with Crippen LogP contribution in [0.25, 0.3) is 10.9 Å². The Morgan fingerprint density at radius 2 is 1.91 bits per heavy atom. The number of nitrogens with one attached hydrogen (secondary N) is 2. The lowest BCUT2D eigenvalue weighted by atomic mass is 10.1. The van der Waals surface area contributed by atoms with Gasteiger partial charge in [-0.15, -0.1) is 0 Å². The number of benzene rings is 2. The molecule has 1 aromatic heterocycles. The van der Waals surface area contributed by atoms with E-state index in [9.17, 15) is 4.79 Å². The van der Waals surface area contributed by atoms with Crippen molar-refractivity contribution in [2.75, 3.05) is 12.4 Å². The molecule has 0 unspecified atom stereocenters. The van der Waals surface area contributed by atoms with Gasteiger partial charge in [-0.25, -0.2) is 0 Å². The van der Waals surface area contributed by atoms with E-state index in [1.165, 1.54) is 0 Å². The highest BCUT2D eigenvalue weighted by molar-refractivity contribution is 6.30. The lowest BCUT2D eigenvalue weighted by molar-refractivity contribution is 0.102. The summed E-state index contributed by atoms with van der Waals surface area (Å²) in [5.74, 6) is 0.578. The molecule has 0 saturated heterocycles. The molecular weight excluding hydrogens is 300 g/mol. The van der Waals surface area contributed by atoms with Crippen molar-refractivity contribution >= 4 is 34.1 Å². The molecule has 0 aliphatic rings. The van der Waals surface area contributed by atoms with Gasteiger partial charge in [0, 0.05) is 21.6 Å². The fourth-order valence-electron chi connectivity index (χ4n) is 2.39. The van der Waals surface area contributed by atoms with Crippen LogP contribution in [0, 0.1) is 6.92 Å². The third kappa shape index (κ3) is 2.65. The van der Waals surface area contributed by atoms with Gasteiger partial charge in [-0.1, -0.05) is 11.6 Å². The molecule has 2 N–H and O–H groups in total. The second-order valence-corrected chi connectivity index (χ2v) is 5.43. The first-order chi connectivity index (χ1) is 10.6. The van der Waals surface area contributed by atoms with Gasteiger partial charge >= 0.3 is 0 Å². The number of hydrogen-bond acceptors (Lipinski definition) is 2. The molecule has 0 saturated carbocycles. The first-order valence-corrected chi connectivity index (χ1v) is 7.19. The van der Waals surface area contributed by atoms with Crippen molar-refractivity contribution in [2.45, 2.75) is 6.92 Å². The van der Waals surface area contributed by atoms with Crippen LogP contribution in [-0.2, 0) is 0 Å². The highest BCUT2D eigenvalue weighted by atomic mass is 35.5. The van der Waals surface area contributed by atoms with Gasteiger partial charge in [0.1, 0.15) is 11.4 Å². The van der Waals surface area contributed by atoms with Gasteiger partial charge in [0.2, 0.25) is 0 Å². The third-order valence-corrected chi connectivity index (χ3v) is 3.85. The Balaban J connectivity index is 1.93. The average Bonchev–Trinajstić information content (AvgIpc) is 2.86. The first kappa shape index (κ1) is 14.5. The predicted octanol–water partition coefficient (Wildman–Crippen LogP) is 4.39. The van der Waals surface area contributed by atoms with Crippen molar-refractivity contribution in [2.24, 2.45) is 0 Å². The minimum absolute atomic E-state index is 0.185. The van der Waals surface area contributed by atoms with Crippen LogP contribution in [-0.4, -0.2) is 18.0 Å². The number of H-pyrrole nitrogens is 1. The van der Waals surface area contributed by atoms with Gasteiger partial charge in [0.05, 0.1) is 7.11 Å². The van der Waals surface area contributed by atoms with Crippen LogP contribution >= 0.6 is 11.6 Å². The topological polar surface area (TPSA) is 54.1 Å². The van der Waals surface area contributed by atoms with Crippen molar-refractivity contribution < 1.29 is 9.53 Å². The van der Waals surface area contributed by atoms with Gasteiger partial charge in [0.15, 0.2) is 0 Å². The lowest BCUT2D eigenvalue weighted by Crippen LogP contribution is -2.13. The number of aromatic amines is 1. The predicted molar refractivity (Wildman–Crippen MR) is 89.0 cm³/mol. The van der Waals surface area contributed by atoms with Gasteiger partial charge in [0.25, 0.3) is 5.91 Å². The molecule has 1 amide bonds. The summed E-state index contributed by atoms with van der Waals surface area (Å²) in [4.78, 5) is 15.6. The highest BCUT2D eigenvalue weighted by Gasteiger charge is 2.15. The molecule has 0 atom stereocenters. The second kappa shape index (κ2) is 5.73. The number of fused-ring (bicyclic) bond motifs is 1. The molecule has 4 nitrogen and oxygen atoms in total. The van der Waals surface area contributed by atoms with Crippen LogP contribution in [0.2, 0.25) is 5.02 Å². The Morgan fingerprint density at radius 3 is 2.59 bits per heavy atom. The number of methoxy groups -OCH3 is 1. The average molecular weight is 315 g/mol. The Labute approximate surface area is 133 Å². The van der Waals surface area contributed by atoms with Crippen molar-refractivity contribution in [1.29, 1.82) is 0 Å². The maximum atomic E-state index is 12.4. The number of carbonyl (C=O) groups is 1. The molecule has 0 aliphatic carbocycles. The smallest absolute Gasteiger partial charge is 0.272 e. The van der Waals surface area contributed by atoms with E-state index in [0.717, 1.165) is 22.2 Å². The fourth-order valence-corrected chi connectivity index (χ4v) is 2.51. The Morgan fingerprint density at radius 1 is 1.18 bits per heavy atom. The molecule has 2 aromatic carbocycles. The van der Waals surface area contributed by atoms with Crippen LogP contribution in [0.3, 0.4) is 0 Å². The van der Waals surface area contributed by atoms with Crippen LogP contribution < -0.4 is 10.1 Å². The number of aryl methyl sites for hydroxylation is 1. The molecule has 0 bridgehead atoms. The van der Waals surface area contributed by atoms with E-state index in [-0.39, 0.29) is 5.91 Å². The summed E-state index contributed by atoms with van der Waals surface area (Å²) >= 11 is 5.84. The highest BCUT2D eigenvalue weighted by Crippen LogP contribution is 2.26. The molecule has 0 aliphatic heterocycles. The van der Waals surface area contributed by atoms with Gasteiger partial charge in [-0.2, -0.15) is 0 Å². The third-order valence-electron chi connectivity index (χ3n) is 3.59. The number of halogens is 1. The van der Waals surface area contributed by atoms with E-state index in [4.69, 9.17) is 16.3 Å². The second-order valence-electron chi connectivity index (χ2n) is 5.00. The van der Waals surface area contributed by atoms with E-state index in [0.29, 0.717) is 16.4 Å². The van der Waals surface area contributed by atoms with E-state index in [1.54, 1.807) is 31.4 Å². The maximum Gasteiger partial charge on any atom is 0.272 e. The summed E-state index contributed by atoms with van der Waals surface area (Å²) in [6.45, 7) is 1.91. The number of anilines is 1. The van der Waals surface area contributed by atoms with Gasteiger partial charge in [-0.3, -0.25) is 4.79 Å². The normalized spacial score (nSPS) is 10.7. The van der Waals surface area contributed by atoms with E-state index in [2.05, 4.69) is 10.3 Å². The summed E-state index contributed by atoms with van der Waals surface area (Å²) in [7, 11) is 1.62. The zero-order chi connectivity index (χ0) is 15.7. The number of carbonyl (C=O) groups excluding carboxylic acids is 1. The molecule has 0 fully saturated rings. The summed E-state index contributed by atoms with van der Waals surface area (Å²) in [6, 6.07) is 12.7. The minimum Gasteiger partial charge on any atom is -0.497 e. The van der Waals surface area contributed by atoms with Crippen LogP contribution in [0.1, 0.15) is 16.1 Å². The van der Waals surface area contributed by atoms with Crippen LogP contribution in [0.4, 0.5) is 5.69 Å². The van der Waals surface area contributed by atoms with E-state index in [1.807, 2.05) is 25.1 Å². The zero-order valence-corrected chi connectivity index (χ0v) is 13.0. The number of rotatable bonds is 3. The lowest BCUT2D eigenvalue weighted by Gasteiger charge is -2.04. The number of aromatic nitrogens is 1. The van der Waals surface area contributed by atoms with Crippen molar-refractivity contribution in [3.8, 4) is 5.75 Å². The molecule has 5 heteroatoms. The fraction of sp³-hybridized carbons (Fsp3) is 0.118. The summed E-state index contributed by atoms with van der Waals surface area (Å²) in [5, 5.41) is 4.46. The van der Waals surface area contributed by atoms with Gasteiger partial charge < -0.3 is 15.0 Å². The molecule has 3 rings (SSSR count). The molecule has 22 heavy (non-hydrogen) atoms. The quantitative estimate of drug-likeness (QED) is 0.753. The molecule has 1 heterocycles. The Kier molecular flexibility index (Phi) is 3.77. The van der Waals surface area contributed by atoms with Crippen molar-refractivity contribution in [3.05, 3.63) is 58.7 Å². The Hall–Kier alpha value is -2.46. The van der Waals surface area contributed by atoms with Crippen molar-refractivity contribution in [1.82, 2.24) is 4.98 Å². The van der Waals surface area contributed by atoms with Crippen LogP contribution in [0.5, 0.6) is 5.75 Å². The SMILES string of the molecule is COc1ccc2[nH]c(C(=O)Nc3ccc(Cl)cc3)c(C)c2c1.